The smallest absolute Gasteiger partial charge is 0.238 e. The number of nitrogen functional groups attached to an aromatic ring is 1. The molecule has 0 atom stereocenters. The van der Waals surface area contributed by atoms with E-state index < -0.39 is 5.82 Å². The van der Waals surface area contributed by atoms with Crippen LogP contribution in [0.5, 0.6) is 0 Å². The van der Waals surface area contributed by atoms with Crippen molar-refractivity contribution in [2.75, 3.05) is 24.6 Å². The molecule has 0 aliphatic carbocycles. The van der Waals surface area contributed by atoms with Crippen LogP contribution in [0.1, 0.15) is 5.56 Å². The number of likely N-dealkylation sites (N-methyl/N-ethyl adjacent to an activating group) is 1. The molecule has 1 aromatic carbocycles. The molecule has 1 amide bonds. The quantitative estimate of drug-likeness (QED) is 0.792. The van der Waals surface area contributed by atoms with Crippen LogP contribution in [0.3, 0.4) is 0 Å². The van der Waals surface area contributed by atoms with Crippen molar-refractivity contribution in [1.82, 2.24) is 4.90 Å². The van der Waals surface area contributed by atoms with E-state index in [1.807, 2.05) is 23.4 Å². The zero-order chi connectivity index (χ0) is 15.4. The highest BCUT2D eigenvalue weighted by Crippen LogP contribution is 2.21. The van der Waals surface area contributed by atoms with Gasteiger partial charge in [0.15, 0.2) is 0 Å². The lowest BCUT2D eigenvalue weighted by atomic mass is 10.2. The van der Waals surface area contributed by atoms with Crippen LogP contribution in [-0.4, -0.2) is 24.4 Å². The molecule has 112 valence electrons. The van der Waals surface area contributed by atoms with Gasteiger partial charge in [-0.15, -0.1) is 11.3 Å². The minimum atomic E-state index is -0.492. The molecular formula is C14H15BrFN3OS. The predicted molar refractivity (Wildman–Crippen MR) is 87.8 cm³/mol. The van der Waals surface area contributed by atoms with Gasteiger partial charge >= 0.3 is 0 Å². The second-order valence-electron chi connectivity index (χ2n) is 4.72. The first-order valence-electron chi connectivity index (χ1n) is 6.20. The van der Waals surface area contributed by atoms with E-state index >= 15 is 0 Å². The maximum absolute atomic E-state index is 13.0. The van der Waals surface area contributed by atoms with Crippen molar-refractivity contribution in [2.45, 2.75) is 6.54 Å². The van der Waals surface area contributed by atoms with Crippen LogP contribution in [-0.2, 0) is 11.3 Å². The topological polar surface area (TPSA) is 58.4 Å². The molecule has 1 aromatic heterocycles. The fourth-order valence-electron chi connectivity index (χ4n) is 1.86. The van der Waals surface area contributed by atoms with E-state index in [9.17, 15) is 9.18 Å². The highest BCUT2D eigenvalue weighted by atomic mass is 79.9. The number of benzene rings is 1. The highest BCUT2D eigenvalue weighted by molar-refractivity contribution is 9.11. The molecule has 0 saturated heterocycles. The fraction of sp³-hybridized carbons (Fsp3) is 0.214. The van der Waals surface area contributed by atoms with E-state index in [1.165, 1.54) is 18.2 Å². The van der Waals surface area contributed by atoms with Gasteiger partial charge in [0.2, 0.25) is 5.91 Å². The van der Waals surface area contributed by atoms with Crippen LogP contribution in [0.4, 0.5) is 15.8 Å². The second-order valence-corrected chi connectivity index (χ2v) is 7.01. The summed E-state index contributed by atoms with van der Waals surface area (Å²) in [5.41, 5.74) is 7.12. The zero-order valence-electron chi connectivity index (χ0n) is 11.4. The SMILES string of the molecule is CN(CC(=O)Nc1ccc(F)c(N)c1)Cc1csc(Br)c1. The molecule has 2 aromatic rings. The number of anilines is 2. The van der Waals surface area contributed by atoms with Gasteiger partial charge in [0.05, 0.1) is 16.0 Å². The van der Waals surface area contributed by atoms with E-state index in [0.29, 0.717) is 12.2 Å². The average Bonchev–Trinajstić information content (AvgIpc) is 2.79. The van der Waals surface area contributed by atoms with Crippen LogP contribution in [0.25, 0.3) is 0 Å². The number of nitrogens with one attached hydrogen (secondary N) is 1. The molecular weight excluding hydrogens is 357 g/mol. The van der Waals surface area contributed by atoms with E-state index in [1.54, 1.807) is 11.3 Å². The molecule has 0 aliphatic heterocycles. The molecule has 1 heterocycles. The Bertz CT molecular complexity index is 647. The van der Waals surface area contributed by atoms with Gasteiger partial charge in [0, 0.05) is 12.2 Å². The van der Waals surface area contributed by atoms with E-state index in [4.69, 9.17) is 5.73 Å². The lowest BCUT2D eigenvalue weighted by Crippen LogP contribution is -2.29. The Morgan fingerprint density at radius 1 is 1.48 bits per heavy atom. The molecule has 0 saturated carbocycles. The van der Waals surface area contributed by atoms with Crippen molar-refractivity contribution < 1.29 is 9.18 Å². The van der Waals surface area contributed by atoms with Crippen molar-refractivity contribution in [3.8, 4) is 0 Å². The van der Waals surface area contributed by atoms with Crippen LogP contribution < -0.4 is 11.1 Å². The second kappa shape index (κ2) is 7.02. The molecule has 0 bridgehead atoms. The Kier molecular flexibility index (Phi) is 5.33. The largest absolute Gasteiger partial charge is 0.396 e. The first-order chi connectivity index (χ1) is 9.94. The van der Waals surface area contributed by atoms with E-state index in [2.05, 4.69) is 21.2 Å². The first-order valence-corrected chi connectivity index (χ1v) is 7.87. The van der Waals surface area contributed by atoms with Crippen LogP contribution in [0.15, 0.2) is 33.4 Å². The highest BCUT2D eigenvalue weighted by Gasteiger charge is 2.09. The molecule has 0 unspecified atom stereocenters. The third kappa shape index (κ3) is 4.80. The number of thiophene rings is 1. The van der Waals surface area contributed by atoms with Crippen LogP contribution >= 0.6 is 27.3 Å². The summed E-state index contributed by atoms with van der Waals surface area (Å²) < 4.78 is 14.1. The number of carbonyl (C=O) groups is 1. The van der Waals surface area contributed by atoms with Crippen molar-refractivity contribution in [1.29, 1.82) is 0 Å². The van der Waals surface area contributed by atoms with Gasteiger partial charge in [-0.3, -0.25) is 9.69 Å². The summed E-state index contributed by atoms with van der Waals surface area (Å²) in [4.78, 5) is 13.8. The van der Waals surface area contributed by atoms with Crippen LogP contribution in [0, 0.1) is 5.82 Å². The molecule has 0 radical (unpaired) electrons. The Balaban J connectivity index is 1.87. The van der Waals surface area contributed by atoms with Gasteiger partial charge in [-0.25, -0.2) is 4.39 Å². The Morgan fingerprint density at radius 3 is 2.86 bits per heavy atom. The summed E-state index contributed by atoms with van der Waals surface area (Å²) in [5.74, 6) is -0.661. The lowest BCUT2D eigenvalue weighted by molar-refractivity contribution is -0.117. The predicted octanol–water partition coefficient (Wildman–Crippen LogP) is 3.30. The fourth-order valence-corrected chi connectivity index (χ4v) is 3.06. The van der Waals surface area contributed by atoms with Crippen molar-refractivity contribution in [3.05, 3.63) is 44.8 Å². The number of nitrogens with two attached hydrogens (primary N) is 1. The maximum Gasteiger partial charge on any atom is 0.238 e. The minimum Gasteiger partial charge on any atom is -0.396 e. The summed E-state index contributed by atoms with van der Waals surface area (Å²) in [6.07, 6.45) is 0. The molecule has 0 aliphatic rings. The van der Waals surface area contributed by atoms with Crippen molar-refractivity contribution in [3.63, 3.8) is 0 Å². The molecule has 2 rings (SSSR count). The lowest BCUT2D eigenvalue weighted by Gasteiger charge is -2.15. The molecule has 21 heavy (non-hydrogen) atoms. The summed E-state index contributed by atoms with van der Waals surface area (Å²) in [5, 5.41) is 4.74. The average molecular weight is 372 g/mol. The van der Waals surface area contributed by atoms with Gasteiger partial charge in [-0.2, -0.15) is 0 Å². The van der Waals surface area contributed by atoms with Gasteiger partial charge in [0.1, 0.15) is 5.82 Å². The number of hydrogen-bond donors (Lipinski definition) is 2. The van der Waals surface area contributed by atoms with Gasteiger partial charge in [0.25, 0.3) is 0 Å². The molecule has 7 heteroatoms. The van der Waals surface area contributed by atoms with Gasteiger partial charge in [-0.05, 0) is 58.2 Å². The number of rotatable bonds is 5. The third-order valence-corrected chi connectivity index (χ3v) is 4.32. The summed E-state index contributed by atoms with van der Waals surface area (Å²) >= 11 is 5.02. The Labute approximate surface area is 134 Å². The monoisotopic (exact) mass is 371 g/mol. The number of carbonyl (C=O) groups excluding carboxylic acids is 1. The summed E-state index contributed by atoms with van der Waals surface area (Å²) in [6, 6.07) is 6.15. The van der Waals surface area contributed by atoms with Gasteiger partial charge < -0.3 is 11.1 Å². The third-order valence-electron chi connectivity index (χ3n) is 2.77. The molecule has 3 N–H and O–H groups in total. The number of hydrogen-bond acceptors (Lipinski definition) is 4. The number of amides is 1. The van der Waals surface area contributed by atoms with Crippen molar-refractivity contribution >= 4 is 44.5 Å². The van der Waals surface area contributed by atoms with E-state index in [0.717, 1.165) is 9.35 Å². The zero-order valence-corrected chi connectivity index (χ0v) is 13.8. The maximum atomic E-state index is 13.0. The van der Waals surface area contributed by atoms with Crippen molar-refractivity contribution in [2.24, 2.45) is 0 Å². The van der Waals surface area contributed by atoms with Crippen LogP contribution in [0.2, 0.25) is 0 Å². The van der Waals surface area contributed by atoms with Gasteiger partial charge in [-0.1, -0.05) is 0 Å². The van der Waals surface area contributed by atoms with E-state index in [-0.39, 0.29) is 18.1 Å². The number of nitrogens with zero attached hydrogens (tertiary/aromatic N) is 1. The molecule has 0 spiro atoms. The molecule has 4 nitrogen and oxygen atoms in total. The Morgan fingerprint density at radius 2 is 2.24 bits per heavy atom. The summed E-state index contributed by atoms with van der Waals surface area (Å²) in [7, 11) is 1.87. The standard InChI is InChI=1S/C14H15BrFN3OS/c1-19(6-9-4-13(15)21-8-9)7-14(20)18-10-2-3-11(16)12(17)5-10/h2-5,8H,6-7,17H2,1H3,(H,18,20). The molecule has 0 fully saturated rings. The first kappa shape index (κ1) is 15.9. The summed E-state index contributed by atoms with van der Waals surface area (Å²) in [6.45, 7) is 0.922. The Hall–Kier alpha value is -1.44. The number of halogens is 2. The minimum absolute atomic E-state index is 0.0178. The normalized spacial score (nSPS) is 10.9.